The first-order chi connectivity index (χ1) is 15.7. The third kappa shape index (κ3) is 5.35. The Kier molecular flexibility index (Phi) is 7.73. The fourth-order valence-electron chi connectivity index (χ4n) is 7.71. The Morgan fingerprint density at radius 1 is 0.719 bits per heavy atom. The molecule has 0 radical (unpaired) electrons. The molecule has 0 bridgehead atoms. The molecule has 0 aromatic carbocycles. The van der Waals surface area contributed by atoms with Crippen LogP contribution >= 0.6 is 0 Å². The number of fused-ring (bicyclic) bond motifs is 1. The molecule has 32 heavy (non-hydrogen) atoms. The van der Waals surface area contributed by atoms with Crippen molar-refractivity contribution in [2.45, 2.75) is 108 Å². The Labute approximate surface area is 195 Å². The first-order valence-electron chi connectivity index (χ1n) is 14.1. The number of likely N-dealkylation sites (tertiary alicyclic amines) is 3. The van der Waals surface area contributed by atoms with Gasteiger partial charge in [-0.3, -0.25) is 9.69 Å². The molecular weight excluding hydrogens is 401 g/mol. The highest BCUT2D eigenvalue weighted by Crippen LogP contribution is 2.42. The van der Waals surface area contributed by atoms with E-state index in [0.717, 1.165) is 57.7 Å². The van der Waals surface area contributed by atoms with Crippen LogP contribution in [0.25, 0.3) is 0 Å². The van der Waals surface area contributed by atoms with E-state index < -0.39 is 6.17 Å². The maximum atomic E-state index is 13.8. The maximum absolute atomic E-state index is 13.8. The van der Waals surface area contributed by atoms with Gasteiger partial charge in [-0.25, -0.2) is 4.39 Å². The molecule has 2 aliphatic carbocycles. The van der Waals surface area contributed by atoms with E-state index in [4.69, 9.17) is 0 Å². The molecule has 1 amide bonds. The van der Waals surface area contributed by atoms with Crippen molar-refractivity contribution in [3.8, 4) is 0 Å². The average molecular weight is 448 g/mol. The minimum Gasteiger partial charge on any atom is -0.341 e. The van der Waals surface area contributed by atoms with Crippen molar-refractivity contribution >= 4 is 5.91 Å². The van der Waals surface area contributed by atoms with Gasteiger partial charge in [-0.2, -0.15) is 0 Å². The minimum atomic E-state index is -0.587. The smallest absolute Gasteiger partial charge is 0.239 e. The third-order valence-electron chi connectivity index (χ3n) is 9.64. The number of hydrogen-bond acceptors (Lipinski definition) is 3. The second-order valence-corrected chi connectivity index (χ2v) is 11.8. The van der Waals surface area contributed by atoms with E-state index in [2.05, 4.69) is 14.7 Å². The molecule has 0 spiro atoms. The number of nitrogens with zero attached hydrogens (tertiary/aromatic N) is 3. The van der Waals surface area contributed by atoms with Gasteiger partial charge >= 0.3 is 0 Å². The fourth-order valence-corrected chi connectivity index (χ4v) is 7.71. The molecule has 3 unspecified atom stereocenters. The van der Waals surface area contributed by atoms with Crippen LogP contribution in [0.5, 0.6) is 0 Å². The van der Waals surface area contributed by atoms with Gasteiger partial charge in [-0.05, 0) is 101 Å². The van der Waals surface area contributed by atoms with E-state index in [1.165, 1.54) is 77.4 Å². The molecule has 0 N–H and O–H groups in total. The van der Waals surface area contributed by atoms with E-state index in [9.17, 15) is 9.18 Å². The van der Waals surface area contributed by atoms with Crippen LogP contribution in [0.4, 0.5) is 4.39 Å². The monoisotopic (exact) mass is 447 g/mol. The summed E-state index contributed by atoms with van der Waals surface area (Å²) in [7, 11) is 0. The standard InChI is InChI=1S/C27H46FN3O/c28-24-10-8-21(9-11-24)20-31-25-7-3-2-6-23(25)18-26(31)27(32)30-16-12-22(13-17-30)19-29-14-4-1-5-15-29/h21-26H,1-20H2. The zero-order valence-corrected chi connectivity index (χ0v) is 20.2. The van der Waals surface area contributed by atoms with E-state index in [0.29, 0.717) is 23.8 Å². The molecule has 182 valence electrons. The van der Waals surface area contributed by atoms with Crippen LogP contribution in [-0.2, 0) is 4.79 Å². The van der Waals surface area contributed by atoms with Gasteiger partial charge in [-0.15, -0.1) is 0 Å². The maximum Gasteiger partial charge on any atom is 0.239 e. The summed E-state index contributed by atoms with van der Waals surface area (Å²) in [6.07, 6.45) is 15.7. The Morgan fingerprint density at radius 3 is 2.16 bits per heavy atom. The molecule has 0 aromatic heterocycles. The summed E-state index contributed by atoms with van der Waals surface area (Å²) < 4.78 is 13.7. The summed E-state index contributed by atoms with van der Waals surface area (Å²) in [6, 6.07) is 0.710. The van der Waals surface area contributed by atoms with Crippen molar-refractivity contribution in [1.29, 1.82) is 0 Å². The SMILES string of the molecule is O=C(C1CC2CCCCC2N1CC1CCC(F)CC1)N1CCC(CN2CCCCC2)CC1. The number of rotatable bonds is 5. The van der Waals surface area contributed by atoms with Crippen molar-refractivity contribution in [3.63, 3.8) is 0 Å². The number of alkyl halides is 1. The van der Waals surface area contributed by atoms with Gasteiger partial charge in [0, 0.05) is 32.2 Å². The second kappa shape index (κ2) is 10.7. The van der Waals surface area contributed by atoms with Gasteiger partial charge < -0.3 is 9.80 Å². The van der Waals surface area contributed by atoms with Gasteiger partial charge in [0.25, 0.3) is 0 Å². The van der Waals surface area contributed by atoms with E-state index in [1.807, 2.05) is 0 Å². The largest absolute Gasteiger partial charge is 0.341 e. The Bertz CT molecular complexity index is 608. The number of piperidine rings is 2. The summed E-state index contributed by atoms with van der Waals surface area (Å²) in [5.41, 5.74) is 0. The van der Waals surface area contributed by atoms with Crippen molar-refractivity contribution in [3.05, 3.63) is 0 Å². The van der Waals surface area contributed by atoms with E-state index >= 15 is 0 Å². The Morgan fingerprint density at radius 2 is 1.41 bits per heavy atom. The molecule has 3 saturated heterocycles. The van der Waals surface area contributed by atoms with Crippen molar-refractivity contribution < 1.29 is 9.18 Å². The van der Waals surface area contributed by atoms with Crippen LogP contribution in [0.3, 0.4) is 0 Å². The topological polar surface area (TPSA) is 26.8 Å². The van der Waals surface area contributed by atoms with E-state index in [1.54, 1.807) is 0 Å². The van der Waals surface area contributed by atoms with Crippen LogP contribution in [-0.4, -0.2) is 78.1 Å². The summed E-state index contributed by atoms with van der Waals surface area (Å²) in [5, 5.41) is 0. The molecule has 5 fully saturated rings. The predicted octanol–water partition coefficient (Wildman–Crippen LogP) is 4.87. The molecule has 0 aromatic rings. The lowest BCUT2D eigenvalue weighted by Gasteiger charge is -2.40. The number of hydrogen-bond donors (Lipinski definition) is 0. The van der Waals surface area contributed by atoms with E-state index in [-0.39, 0.29) is 6.04 Å². The molecule has 4 nitrogen and oxygen atoms in total. The molecule has 5 heteroatoms. The molecule has 2 saturated carbocycles. The number of carbonyl (C=O) groups is 1. The van der Waals surface area contributed by atoms with Crippen molar-refractivity contribution in [2.75, 3.05) is 39.3 Å². The number of amides is 1. The number of carbonyl (C=O) groups excluding carboxylic acids is 1. The zero-order chi connectivity index (χ0) is 21.9. The highest BCUT2D eigenvalue weighted by Gasteiger charge is 2.47. The molecule has 3 atom stereocenters. The Balaban J connectivity index is 1.17. The van der Waals surface area contributed by atoms with Gasteiger partial charge in [0.15, 0.2) is 0 Å². The first kappa shape index (κ1) is 23.1. The lowest BCUT2D eigenvalue weighted by Crippen LogP contribution is -2.52. The van der Waals surface area contributed by atoms with Crippen LogP contribution in [0.15, 0.2) is 0 Å². The zero-order valence-electron chi connectivity index (χ0n) is 20.2. The minimum absolute atomic E-state index is 0.102. The highest BCUT2D eigenvalue weighted by atomic mass is 19.1. The highest BCUT2D eigenvalue weighted by molar-refractivity contribution is 5.82. The summed E-state index contributed by atoms with van der Waals surface area (Å²) in [4.78, 5) is 21.3. The molecule has 3 heterocycles. The normalized spacial score (nSPS) is 38.0. The fraction of sp³-hybridized carbons (Fsp3) is 0.963. The first-order valence-corrected chi connectivity index (χ1v) is 14.1. The third-order valence-corrected chi connectivity index (χ3v) is 9.64. The molecular formula is C27H46FN3O. The van der Waals surface area contributed by atoms with Gasteiger partial charge in [-0.1, -0.05) is 19.3 Å². The lowest BCUT2D eigenvalue weighted by atomic mass is 9.84. The van der Waals surface area contributed by atoms with Crippen LogP contribution in [0, 0.1) is 17.8 Å². The van der Waals surface area contributed by atoms with Crippen LogP contribution in [0.1, 0.15) is 89.9 Å². The van der Waals surface area contributed by atoms with Crippen molar-refractivity contribution in [2.24, 2.45) is 17.8 Å². The van der Waals surface area contributed by atoms with Crippen molar-refractivity contribution in [1.82, 2.24) is 14.7 Å². The molecule has 5 aliphatic rings. The molecule has 5 rings (SSSR count). The van der Waals surface area contributed by atoms with Crippen LogP contribution < -0.4 is 0 Å². The predicted molar refractivity (Wildman–Crippen MR) is 127 cm³/mol. The second-order valence-electron chi connectivity index (χ2n) is 11.8. The summed E-state index contributed by atoms with van der Waals surface area (Å²) in [5.74, 6) is 2.51. The Hall–Kier alpha value is -0.680. The summed E-state index contributed by atoms with van der Waals surface area (Å²) >= 11 is 0. The quantitative estimate of drug-likeness (QED) is 0.601. The number of halogens is 1. The average Bonchev–Trinajstić information content (AvgIpc) is 3.19. The van der Waals surface area contributed by atoms with Crippen LogP contribution in [0.2, 0.25) is 0 Å². The summed E-state index contributed by atoms with van der Waals surface area (Å²) in [6.45, 7) is 6.77. The van der Waals surface area contributed by atoms with Gasteiger partial charge in [0.05, 0.1) is 6.04 Å². The lowest BCUT2D eigenvalue weighted by molar-refractivity contribution is -0.138. The van der Waals surface area contributed by atoms with Gasteiger partial charge in [0.2, 0.25) is 5.91 Å². The molecule has 3 aliphatic heterocycles. The van der Waals surface area contributed by atoms with Gasteiger partial charge in [0.1, 0.15) is 6.17 Å².